The molecule has 5 heteroatoms. The average Bonchev–Trinajstić information content (AvgIpc) is 2.62. The lowest BCUT2D eigenvalue weighted by Crippen LogP contribution is -2.48. The Morgan fingerprint density at radius 1 is 1.12 bits per heavy atom. The van der Waals surface area contributed by atoms with Crippen LogP contribution in [0.5, 0.6) is 0 Å². The van der Waals surface area contributed by atoms with Gasteiger partial charge in [0, 0.05) is 32.8 Å². The quantitative estimate of drug-likeness (QED) is 0.370. The third kappa shape index (κ3) is 7.79. The summed E-state index contributed by atoms with van der Waals surface area (Å²) >= 11 is 0. The average molecular weight is 335 g/mol. The maximum absolute atomic E-state index is 5.35. The van der Waals surface area contributed by atoms with E-state index in [0.717, 1.165) is 45.2 Å². The second-order valence-corrected chi connectivity index (χ2v) is 5.64. The lowest BCUT2D eigenvalue weighted by molar-refractivity contribution is 0.152. The minimum absolute atomic E-state index is 0.438. The van der Waals surface area contributed by atoms with Gasteiger partial charge in [-0.25, -0.2) is 0 Å². The Hall–Kier alpha value is -1.59. The Labute approximate surface area is 147 Å². The van der Waals surface area contributed by atoms with Gasteiger partial charge in [0.25, 0.3) is 0 Å². The first kappa shape index (κ1) is 20.5. The summed E-state index contributed by atoms with van der Waals surface area (Å²) in [6, 6.07) is 11.1. The van der Waals surface area contributed by atoms with E-state index in [0.29, 0.717) is 12.6 Å². The Balaban J connectivity index is 2.57. The smallest absolute Gasteiger partial charge is 0.191 e. The first-order valence-electron chi connectivity index (χ1n) is 9.05. The van der Waals surface area contributed by atoms with Gasteiger partial charge in [-0.1, -0.05) is 44.2 Å². The van der Waals surface area contributed by atoms with Crippen molar-refractivity contribution in [2.24, 2.45) is 4.99 Å². The zero-order valence-corrected chi connectivity index (χ0v) is 15.7. The van der Waals surface area contributed by atoms with Gasteiger partial charge in [-0.05, 0) is 32.0 Å². The topological polar surface area (TPSA) is 48.9 Å². The second-order valence-electron chi connectivity index (χ2n) is 5.64. The predicted octanol–water partition coefficient (Wildman–Crippen LogP) is 2.14. The highest BCUT2D eigenvalue weighted by Crippen LogP contribution is 2.08. The fraction of sp³-hybridized carbons (Fsp3) is 0.632. The highest BCUT2D eigenvalue weighted by atomic mass is 16.5. The van der Waals surface area contributed by atoms with Crippen molar-refractivity contribution >= 4 is 5.96 Å². The Kier molecular flexibility index (Phi) is 10.9. The van der Waals surface area contributed by atoms with Crippen molar-refractivity contribution in [2.45, 2.75) is 33.2 Å². The predicted molar refractivity (Wildman–Crippen MR) is 103 cm³/mol. The molecule has 1 unspecified atom stereocenters. The van der Waals surface area contributed by atoms with E-state index in [4.69, 9.17) is 4.74 Å². The molecular weight excluding hydrogens is 300 g/mol. The van der Waals surface area contributed by atoms with E-state index >= 15 is 0 Å². The Bertz CT molecular complexity index is 446. The van der Waals surface area contributed by atoms with Gasteiger partial charge in [0.1, 0.15) is 0 Å². The van der Waals surface area contributed by atoms with Crippen molar-refractivity contribution in [1.29, 1.82) is 0 Å². The number of nitrogens with one attached hydrogen (secondary N) is 2. The monoisotopic (exact) mass is 334 g/mol. The summed E-state index contributed by atoms with van der Waals surface area (Å²) in [5.41, 5.74) is 1.37. The number of benzene rings is 1. The number of rotatable bonds is 11. The fourth-order valence-corrected chi connectivity index (χ4v) is 2.78. The van der Waals surface area contributed by atoms with Crippen LogP contribution in [0, 0.1) is 0 Å². The zero-order valence-electron chi connectivity index (χ0n) is 15.7. The maximum atomic E-state index is 5.35. The molecule has 0 aliphatic heterocycles. The summed E-state index contributed by atoms with van der Waals surface area (Å²) in [4.78, 5) is 6.79. The maximum Gasteiger partial charge on any atom is 0.191 e. The van der Waals surface area contributed by atoms with E-state index in [9.17, 15) is 0 Å². The molecule has 2 N–H and O–H groups in total. The molecule has 1 atom stereocenters. The zero-order chi connectivity index (χ0) is 17.6. The first-order chi connectivity index (χ1) is 11.7. The molecule has 0 heterocycles. The molecule has 0 saturated carbocycles. The molecule has 1 rings (SSSR count). The van der Waals surface area contributed by atoms with Crippen molar-refractivity contribution in [3.8, 4) is 0 Å². The van der Waals surface area contributed by atoms with Crippen molar-refractivity contribution in [3.05, 3.63) is 35.9 Å². The Morgan fingerprint density at radius 2 is 1.83 bits per heavy atom. The molecule has 0 aliphatic carbocycles. The third-order valence-electron chi connectivity index (χ3n) is 4.11. The van der Waals surface area contributed by atoms with Crippen LogP contribution in [0.25, 0.3) is 0 Å². The molecule has 0 spiro atoms. The molecule has 0 saturated heterocycles. The van der Waals surface area contributed by atoms with Crippen LogP contribution in [0.4, 0.5) is 0 Å². The summed E-state index contributed by atoms with van der Waals surface area (Å²) in [5, 5.41) is 6.75. The number of nitrogens with zero attached hydrogens (tertiary/aromatic N) is 2. The standard InChI is InChI=1S/C19H34N4O/c1-5-23(6-2)18(15-17-11-9-8-10-12-17)16-22-19(20-4)21-13-14-24-7-3/h8-12,18H,5-7,13-16H2,1-4H3,(H2,20,21,22). The van der Waals surface area contributed by atoms with Gasteiger partial charge in [-0.15, -0.1) is 0 Å². The van der Waals surface area contributed by atoms with E-state index in [-0.39, 0.29) is 0 Å². The molecule has 0 bridgehead atoms. The summed E-state index contributed by atoms with van der Waals surface area (Å²) < 4.78 is 5.35. The molecule has 0 aliphatic rings. The lowest BCUT2D eigenvalue weighted by Gasteiger charge is -2.30. The largest absolute Gasteiger partial charge is 0.380 e. The molecule has 24 heavy (non-hydrogen) atoms. The first-order valence-corrected chi connectivity index (χ1v) is 9.05. The number of hydrogen-bond acceptors (Lipinski definition) is 3. The number of guanidine groups is 1. The van der Waals surface area contributed by atoms with Gasteiger partial charge in [-0.2, -0.15) is 0 Å². The molecule has 0 fully saturated rings. The molecule has 1 aromatic rings. The summed E-state index contributed by atoms with van der Waals surface area (Å²) in [6.45, 7) is 11.6. The highest BCUT2D eigenvalue weighted by molar-refractivity contribution is 5.79. The van der Waals surface area contributed by atoms with E-state index in [1.54, 1.807) is 7.05 Å². The van der Waals surface area contributed by atoms with Gasteiger partial charge in [0.2, 0.25) is 0 Å². The minimum atomic E-state index is 0.438. The van der Waals surface area contributed by atoms with Crippen LogP contribution < -0.4 is 10.6 Å². The van der Waals surface area contributed by atoms with Crippen molar-refractivity contribution < 1.29 is 4.74 Å². The van der Waals surface area contributed by atoms with Gasteiger partial charge in [-0.3, -0.25) is 9.89 Å². The van der Waals surface area contributed by atoms with E-state index < -0.39 is 0 Å². The highest BCUT2D eigenvalue weighted by Gasteiger charge is 2.16. The normalized spacial score (nSPS) is 13.1. The van der Waals surface area contributed by atoms with Crippen LogP contribution in [0.3, 0.4) is 0 Å². The van der Waals surface area contributed by atoms with Gasteiger partial charge in [0.15, 0.2) is 5.96 Å². The fourth-order valence-electron chi connectivity index (χ4n) is 2.78. The van der Waals surface area contributed by atoms with Gasteiger partial charge >= 0.3 is 0 Å². The molecule has 0 radical (unpaired) electrons. The summed E-state index contributed by atoms with van der Waals surface area (Å²) in [7, 11) is 1.81. The van der Waals surface area contributed by atoms with E-state index in [1.165, 1.54) is 5.56 Å². The number of hydrogen-bond donors (Lipinski definition) is 2. The molecule has 0 aromatic heterocycles. The summed E-state index contributed by atoms with van der Waals surface area (Å²) in [6.07, 6.45) is 1.03. The number of likely N-dealkylation sites (N-methyl/N-ethyl adjacent to an activating group) is 1. The Morgan fingerprint density at radius 3 is 2.42 bits per heavy atom. The molecular formula is C19H34N4O. The third-order valence-corrected chi connectivity index (χ3v) is 4.11. The SMILES string of the molecule is CCOCCNC(=NC)NCC(Cc1ccccc1)N(CC)CC. The number of aliphatic imine (C=N–C) groups is 1. The van der Waals surface area contributed by atoms with Crippen LogP contribution in [-0.2, 0) is 11.2 Å². The van der Waals surface area contributed by atoms with Crippen molar-refractivity contribution in [3.63, 3.8) is 0 Å². The molecule has 5 nitrogen and oxygen atoms in total. The number of ether oxygens (including phenoxy) is 1. The van der Waals surface area contributed by atoms with Crippen LogP contribution in [0.2, 0.25) is 0 Å². The van der Waals surface area contributed by atoms with Crippen molar-refractivity contribution in [2.75, 3.05) is 46.4 Å². The lowest BCUT2D eigenvalue weighted by atomic mass is 10.0. The minimum Gasteiger partial charge on any atom is -0.380 e. The van der Waals surface area contributed by atoms with Gasteiger partial charge in [0.05, 0.1) is 6.61 Å². The van der Waals surface area contributed by atoms with Gasteiger partial charge < -0.3 is 15.4 Å². The summed E-state index contributed by atoms with van der Waals surface area (Å²) in [5.74, 6) is 0.833. The van der Waals surface area contributed by atoms with Crippen LogP contribution >= 0.6 is 0 Å². The van der Waals surface area contributed by atoms with E-state index in [1.807, 2.05) is 6.92 Å². The van der Waals surface area contributed by atoms with Crippen molar-refractivity contribution in [1.82, 2.24) is 15.5 Å². The second kappa shape index (κ2) is 12.8. The van der Waals surface area contributed by atoms with E-state index in [2.05, 4.69) is 64.7 Å². The van der Waals surface area contributed by atoms with Crippen LogP contribution in [-0.4, -0.2) is 63.3 Å². The molecule has 0 amide bonds. The molecule has 1 aromatic carbocycles. The van der Waals surface area contributed by atoms with Crippen LogP contribution in [0.15, 0.2) is 35.3 Å². The molecule has 136 valence electrons. The van der Waals surface area contributed by atoms with Crippen LogP contribution in [0.1, 0.15) is 26.3 Å².